The van der Waals surface area contributed by atoms with Crippen molar-refractivity contribution in [2.24, 2.45) is 5.92 Å². The first-order valence-electron chi connectivity index (χ1n) is 12.4. The number of hydrogen-bond acceptors (Lipinski definition) is 3. The van der Waals surface area contributed by atoms with Crippen LogP contribution < -0.4 is 0 Å². The number of carbonyl (C=O) groups is 1. The van der Waals surface area contributed by atoms with Crippen molar-refractivity contribution in [3.8, 4) is 0 Å². The van der Waals surface area contributed by atoms with Gasteiger partial charge in [-0.05, 0) is 73.9 Å². The molecular weight excluding hydrogens is 408 g/mol. The Balaban J connectivity index is 1.29. The topological polar surface area (TPSA) is 42.4 Å². The number of carbonyl (C=O) groups excluding carboxylic acids is 1. The molecule has 1 atom stereocenters. The van der Waals surface area contributed by atoms with Crippen molar-refractivity contribution in [3.63, 3.8) is 0 Å². The average Bonchev–Trinajstić information content (AvgIpc) is 3.10. The van der Waals surface area contributed by atoms with E-state index in [0.717, 1.165) is 50.8 Å². The van der Waals surface area contributed by atoms with E-state index in [1.807, 2.05) is 12.4 Å². The summed E-state index contributed by atoms with van der Waals surface area (Å²) in [6.45, 7) is 5.15. The summed E-state index contributed by atoms with van der Waals surface area (Å²) in [5, 5.41) is 2.45. The zero-order valence-corrected chi connectivity index (χ0v) is 19.6. The van der Waals surface area contributed by atoms with E-state index in [1.165, 1.54) is 28.3 Å². The van der Waals surface area contributed by atoms with Gasteiger partial charge in [-0.3, -0.25) is 9.78 Å². The van der Waals surface area contributed by atoms with Gasteiger partial charge in [0, 0.05) is 44.1 Å². The van der Waals surface area contributed by atoms with Gasteiger partial charge in [0.25, 0.3) is 0 Å². The van der Waals surface area contributed by atoms with Crippen LogP contribution in [-0.4, -0.2) is 42.1 Å². The first-order valence-corrected chi connectivity index (χ1v) is 12.4. The van der Waals surface area contributed by atoms with Gasteiger partial charge >= 0.3 is 0 Å². The normalized spacial score (nSPS) is 21.0. The number of ether oxygens (including phenoxy) is 1. The van der Waals surface area contributed by atoms with Gasteiger partial charge in [0.05, 0.1) is 5.41 Å². The van der Waals surface area contributed by atoms with Gasteiger partial charge in [-0.2, -0.15) is 0 Å². The minimum atomic E-state index is -0.432. The highest BCUT2D eigenvalue weighted by Crippen LogP contribution is 2.38. The van der Waals surface area contributed by atoms with Crippen molar-refractivity contribution in [3.05, 3.63) is 77.6 Å². The molecule has 5 rings (SSSR count). The van der Waals surface area contributed by atoms with Gasteiger partial charge in [0.15, 0.2) is 0 Å². The molecule has 3 heterocycles. The molecule has 4 nitrogen and oxygen atoms in total. The second-order valence-corrected chi connectivity index (χ2v) is 9.91. The lowest BCUT2D eigenvalue weighted by Gasteiger charge is -2.40. The Morgan fingerprint density at radius 1 is 1.03 bits per heavy atom. The molecule has 3 aromatic rings. The lowest BCUT2D eigenvalue weighted by atomic mass is 9.72. The van der Waals surface area contributed by atoms with Crippen molar-refractivity contribution >= 4 is 16.7 Å². The monoisotopic (exact) mass is 442 g/mol. The number of likely N-dealkylation sites (tertiary alicyclic amines) is 1. The van der Waals surface area contributed by atoms with Crippen LogP contribution in [0.25, 0.3) is 10.8 Å². The summed E-state index contributed by atoms with van der Waals surface area (Å²) in [5.41, 5.74) is 3.35. The molecule has 0 aliphatic carbocycles. The van der Waals surface area contributed by atoms with Gasteiger partial charge in [-0.25, -0.2) is 0 Å². The smallest absolute Gasteiger partial charge is 0.233 e. The number of benzene rings is 2. The van der Waals surface area contributed by atoms with Gasteiger partial charge in [-0.15, -0.1) is 0 Å². The average molecular weight is 443 g/mol. The molecule has 172 valence electrons. The predicted octanol–water partition coefficient (Wildman–Crippen LogP) is 5.46. The maximum Gasteiger partial charge on any atom is 0.233 e. The van der Waals surface area contributed by atoms with Crippen LogP contribution in [0, 0.1) is 12.8 Å². The quantitative estimate of drug-likeness (QED) is 0.539. The fourth-order valence-electron chi connectivity index (χ4n) is 5.69. The van der Waals surface area contributed by atoms with Crippen LogP contribution in [0.3, 0.4) is 0 Å². The Morgan fingerprint density at radius 2 is 1.85 bits per heavy atom. The highest BCUT2D eigenvalue weighted by Gasteiger charge is 2.44. The van der Waals surface area contributed by atoms with E-state index >= 15 is 0 Å². The van der Waals surface area contributed by atoms with Gasteiger partial charge in [0.1, 0.15) is 0 Å². The minimum absolute atomic E-state index is 0.313. The zero-order chi connectivity index (χ0) is 22.7. The minimum Gasteiger partial charge on any atom is -0.381 e. The molecule has 2 aliphatic heterocycles. The Bertz CT molecular complexity index is 1100. The highest BCUT2D eigenvalue weighted by atomic mass is 16.5. The predicted molar refractivity (Wildman–Crippen MR) is 132 cm³/mol. The SMILES string of the molecule is Cc1ccc(C2(C(=O)N3CCCC(Cc4ccc5cnccc5c4)CC3)CCOCC2)cc1. The number of aryl methyl sites for hydroxylation is 1. The molecule has 0 N–H and O–H groups in total. The van der Waals surface area contributed by atoms with E-state index < -0.39 is 5.41 Å². The standard InChI is InChI=1S/C29H34N2O2/c1-22-4-8-27(9-5-22)29(12-17-33-18-13-29)28(32)31-15-2-3-23(11-16-31)19-24-6-7-26-21-30-14-10-25(26)20-24/h4-10,14,20-21,23H,2-3,11-13,15-19H2,1H3. The summed E-state index contributed by atoms with van der Waals surface area (Å²) in [4.78, 5) is 20.4. The number of rotatable bonds is 4. The molecule has 2 aliphatic rings. The van der Waals surface area contributed by atoms with Gasteiger partial charge in [-0.1, -0.05) is 48.0 Å². The Hall–Kier alpha value is -2.72. The first kappa shape index (κ1) is 22.1. The summed E-state index contributed by atoms with van der Waals surface area (Å²) in [6, 6.07) is 17.4. The number of amides is 1. The summed E-state index contributed by atoms with van der Waals surface area (Å²) < 4.78 is 5.67. The third kappa shape index (κ3) is 4.67. The Kier molecular flexibility index (Phi) is 6.45. The largest absolute Gasteiger partial charge is 0.381 e. The fraction of sp³-hybridized carbons (Fsp3) is 0.448. The van der Waals surface area contributed by atoms with Crippen LogP contribution in [0.4, 0.5) is 0 Å². The molecule has 1 aromatic heterocycles. The van der Waals surface area contributed by atoms with Crippen LogP contribution in [0.5, 0.6) is 0 Å². The fourth-order valence-corrected chi connectivity index (χ4v) is 5.69. The molecule has 0 saturated carbocycles. The van der Waals surface area contributed by atoms with Crippen molar-refractivity contribution in [1.82, 2.24) is 9.88 Å². The zero-order valence-electron chi connectivity index (χ0n) is 19.6. The number of pyridine rings is 1. The molecule has 0 bridgehead atoms. The van der Waals surface area contributed by atoms with Crippen LogP contribution in [-0.2, 0) is 21.4 Å². The van der Waals surface area contributed by atoms with E-state index in [2.05, 4.69) is 65.3 Å². The number of nitrogens with zero attached hydrogens (tertiary/aromatic N) is 2. The molecule has 1 unspecified atom stereocenters. The van der Waals surface area contributed by atoms with Gasteiger partial charge in [0.2, 0.25) is 5.91 Å². The summed E-state index contributed by atoms with van der Waals surface area (Å²) in [5.74, 6) is 0.931. The van der Waals surface area contributed by atoms with Gasteiger partial charge < -0.3 is 9.64 Å². The van der Waals surface area contributed by atoms with E-state index in [1.54, 1.807) is 0 Å². The van der Waals surface area contributed by atoms with E-state index in [9.17, 15) is 4.79 Å². The maximum absolute atomic E-state index is 14.0. The number of aromatic nitrogens is 1. The molecule has 4 heteroatoms. The second kappa shape index (κ2) is 9.64. The van der Waals surface area contributed by atoms with E-state index in [0.29, 0.717) is 25.0 Å². The molecular formula is C29H34N2O2. The maximum atomic E-state index is 14.0. The Morgan fingerprint density at radius 3 is 2.67 bits per heavy atom. The molecule has 2 aromatic carbocycles. The summed E-state index contributed by atoms with van der Waals surface area (Å²) in [6.07, 6.45) is 9.75. The molecule has 0 spiro atoms. The van der Waals surface area contributed by atoms with Crippen molar-refractivity contribution in [1.29, 1.82) is 0 Å². The summed E-state index contributed by atoms with van der Waals surface area (Å²) in [7, 11) is 0. The highest BCUT2D eigenvalue weighted by molar-refractivity contribution is 5.88. The Labute approximate surface area is 197 Å². The van der Waals surface area contributed by atoms with E-state index in [4.69, 9.17) is 4.74 Å². The lowest BCUT2D eigenvalue weighted by molar-refractivity contribution is -0.141. The second-order valence-electron chi connectivity index (χ2n) is 9.91. The number of fused-ring (bicyclic) bond motifs is 1. The van der Waals surface area contributed by atoms with Crippen LogP contribution in [0.2, 0.25) is 0 Å². The van der Waals surface area contributed by atoms with Crippen LogP contribution in [0.1, 0.15) is 48.8 Å². The molecule has 2 fully saturated rings. The lowest BCUT2D eigenvalue weighted by Crippen LogP contribution is -2.50. The molecule has 0 radical (unpaired) electrons. The van der Waals surface area contributed by atoms with Crippen molar-refractivity contribution in [2.45, 2.75) is 50.9 Å². The van der Waals surface area contributed by atoms with E-state index in [-0.39, 0.29) is 0 Å². The first-order chi connectivity index (χ1) is 16.1. The number of hydrogen-bond donors (Lipinski definition) is 0. The molecule has 2 saturated heterocycles. The summed E-state index contributed by atoms with van der Waals surface area (Å²) >= 11 is 0. The van der Waals surface area contributed by atoms with Crippen molar-refractivity contribution < 1.29 is 9.53 Å². The molecule has 33 heavy (non-hydrogen) atoms. The molecule has 1 amide bonds. The van der Waals surface area contributed by atoms with Crippen LogP contribution in [0.15, 0.2) is 60.9 Å². The third-order valence-corrected chi connectivity index (χ3v) is 7.72. The van der Waals surface area contributed by atoms with Crippen LogP contribution >= 0.6 is 0 Å². The third-order valence-electron chi connectivity index (χ3n) is 7.72. The van der Waals surface area contributed by atoms with Crippen molar-refractivity contribution in [2.75, 3.05) is 26.3 Å².